The number of rotatable bonds is 5. The molecule has 1 N–H and O–H groups in total. The zero-order valence-electron chi connectivity index (χ0n) is 23.5. The van der Waals surface area contributed by atoms with Crippen LogP contribution in [0, 0.1) is 12.0 Å². The SMILES string of the molecule is [C-]#[N+]CC1(CN2CC[C@]3(C2)C(=O)N(C)c2cnc4[nH]c(-c5cnn(C)c5)c(-c5ccc6c(cnn6C)c5)c4c23)CC1. The van der Waals surface area contributed by atoms with E-state index in [-0.39, 0.29) is 11.3 Å². The molecule has 2 aliphatic heterocycles. The molecule has 1 aromatic carbocycles. The highest BCUT2D eigenvalue weighted by Gasteiger charge is 2.57. The molecule has 4 aromatic heterocycles. The van der Waals surface area contributed by atoms with Gasteiger partial charge in [0.1, 0.15) is 5.65 Å². The van der Waals surface area contributed by atoms with Crippen LogP contribution in [-0.2, 0) is 24.3 Å². The predicted octanol–water partition coefficient (Wildman–Crippen LogP) is 4.14. The highest BCUT2D eigenvalue weighted by Crippen LogP contribution is 2.54. The van der Waals surface area contributed by atoms with Crippen LogP contribution < -0.4 is 4.90 Å². The molecule has 5 aromatic rings. The van der Waals surface area contributed by atoms with E-state index in [4.69, 9.17) is 11.6 Å². The summed E-state index contributed by atoms with van der Waals surface area (Å²) in [6, 6.07) is 6.43. The molecule has 10 heteroatoms. The lowest BCUT2D eigenvalue weighted by Gasteiger charge is -2.25. The summed E-state index contributed by atoms with van der Waals surface area (Å²) in [5.74, 6) is 0.136. The molecule has 206 valence electrons. The van der Waals surface area contributed by atoms with Gasteiger partial charge in [-0.3, -0.25) is 14.2 Å². The van der Waals surface area contributed by atoms with E-state index in [1.807, 2.05) is 55.5 Å². The van der Waals surface area contributed by atoms with E-state index in [1.165, 1.54) is 0 Å². The van der Waals surface area contributed by atoms with Crippen molar-refractivity contribution >= 4 is 33.5 Å². The van der Waals surface area contributed by atoms with E-state index in [1.54, 1.807) is 4.68 Å². The van der Waals surface area contributed by atoms with Crippen LogP contribution in [0.5, 0.6) is 0 Å². The van der Waals surface area contributed by atoms with Crippen molar-refractivity contribution in [3.8, 4) is 22.4 Å². The lowest BCUT2D eigenvalue weighted by atomic mass is 9.78. The summed E-state index contributed by atoms with van der Waals surface area (Å²) >= 11 is 0. The Kier molecular flexibility index (Phi) is 4.91. The molecule has 41 heavy (non-hydrogen) atoms. The standard InChI is InChI=1S/C31H31N9O/c1-32-16-30(7-8-30)17-40-10-9-31(18-40)26-23(38(3)29(31)41)14-33-28-25(26)24(27(36-28)21-13-34-37(2)15-21)19-5-6-22-20(11-19)12-35-39(22)4/h5-6,11-15H,7-10,16-18H2,2-4H3,(H,33,36)/t31-/m1/s1. The Morgan fingerprint density at radius 2 is 1.93 bits per heavy atom. The van der Waals surface area contributed by atoms with Crippen molar-refractivity contribution < 1.29 is 4.79 Å². The monoisotopic (exact) mass is 545 g/mol. The average molecular weight is 546 g/mol. The maximum Gasteiger partial charge on any atom is 0.238 e. The average Bonchev–Trinajstić information content (AvgIpc) is 3.41. The highest BCUT2D eigenvalue weighted by molar-refractivity contribution is 6.16. The quantitative estimate of drug-likeness (QED) is 0.335. The van der Waals surface area contributed by atoms with Gasteiger partial charge in [0.2, 0.25) is 12.5 Å². The van der Waals surface area contributed by atoms with Gasteiger partial charge >= 0.3 is 0 Å². The van der Waals surface area contributed by atoms with Crippen molar-refractivity contribution in [2.45, 2.75) is 24.7 Å². The molecule has 3 aliphatic rings. The molecule has 1 saturated heterocycles. The van der Waals surface area contributed by atoms with E-state index in [9.17, 15) is 4.79 Å². The largest absolute Gasteiger partial charge is 0.339 e. The number of fused-ring (bicyclic) bond motifs is 5. The predicted molar refractivity (Wildman–Crippen MR) is 157 cm³/mol. The summed E-state index contributed by atoms with van der Waals surface area (Å²) in [5, 5.41) is 11.0. The van der Waals surface area contributed by atoms with Gasteiger partial charge in [-0.25, -0.2) is 11.6 Å². The first-order valence-corrected chi connectivity index (χ1v) is 14.1. The third kappa shape index (κ3) is 3.39. The molecule has 6 heterocycles. The van der Waals surface area contributed by atoms with Crippen LogP contribution in [0.15, 0.2) is 43.0 Å². The summed E-state index contributed by atoms with van der Waals surface area (Å²) in [7, 11) is 5.75. The Balaban J connectivity index is 1.36. The number of hydrogen-bond acceptors (Lipinski definition) is 5. The molecule has 1 atom stereocenters. The third-order valence-electron chi connectivity index (χ3n) is 9.66. The second-order valence-electron chi connectivity index (χ2n) is 12.3. The van der Waals surface area contributed by atoms with Crippen LogP contribution in [0.3, 0.4) is 0 Å². The molecular weight excluding hydrogens is 514 g/mol. The van der Waals surface area contributed by atoms with Crippen molar-refractivity contribution in [2.24, 2.45) is 19.5 Å². The molecule has 0 bridgehead atoms. The number of aromatic nitrogens is 6. The molecule has 2 fully saturated rings. The van der Waals surface area contributed by atoms with Gasteiger partial charge in [-0.1, -0.05) is 6.07 Å². The van der Waals surface area contributed by atoms with Crippen molar-refractivity contribution in [1.29, 1.82) is 0 Å². The summed E-state index contributed by atoms with van der Waals surface area (Å²) in [5.41, 5.74) is 7.23. The van der Waals surface area contributed by atoms with Crippen molar-refractivity contribution in [3.63, 3.8) is 0 Å². The van der Waals surface area contributed by atoms with Crippen molar-refractivity contribution in [3.05, 3.63) is 60.0 Å². The fourth-order valence-corrected chi connectivity index (χ4v) is 7.38. The molecule has 10 nitrogen and oxygen atoms in total. The van der Waals surface area contributed by atoms with Gasteiger partial charge < -0.3 is 19.6 Å². The maximum atomic E-state index is 14.2. The lowest BCUT2D eigenvalue weighted by molar-refractivity contribution is -0.122. The fourth-order valence-electron chi connectivity index (χ4n) is 7.38. The number of likely N-dealkylation sites (tertiary alicyclic amines) is 1. The van der Waals surface area contributed by atoms with E-state index in [0.717, 1.165) is 87.9 Å². The van der Waals surface area contributed by atoms with E-state index >= 15 is 0 Å². The summed E-state index contributed by atoms with van der Waals surface area (Å²) in [6.07, 6.45) is 10.6. The molecular formula is C31H31N9O. The van der Waals surface area contributed by atoms with Crippen LogP contribution in [0.25, 0.3) is 49.2 Å². The number of nitrogens with one attached hydrogen (secondary N) is 1. The zero-order valence-corrected chi connectivity index (χ0v) is 23.5. The first-order chi connectivity index (χ1) is 19.8. The van der Waals surface area contributed by atoms with E-state index in [2.05, 4.69) is 43.1 Å². The topological polar surface area (TPSA) is 92.2 Å². The maximum absolute atomic E-state index is 14.2. The number of aromatic amines is 1. The summed E-state index contributed by atoms with van der Waals surface area (Å²) < 4.78 is 3.68. The van der Waals surface area contributed by atoms with Gasteiger partial charge in [0.25, 0.3) is 0 Å². The van der Waals surface area contributed by atoms with Gasteiger partial charge in [0.05, 0.1) is 46.3 Å². The van der Waals surface area contributed by atoms with E-state index in [0.29, 0.717) is 13.1 Å². The number of aryl methyl sites for hydroxylation is 2. The number of likely N-dealkylation sites (N-methyl/N-ethyl adjacent to an activating group) is 1. The third-order valence-corrected chi connectivity index (χ3v) is 9.66. The lowest BCUT2D eigenvalue weighted by Crippen LogP contribution is -2.42. The first kappa shape index (κ1) is 24.3. The normalized spacial score (nSPS) is 21.4. The van der Waals surface area contributed by atoms with Crippen LogP contribution in [0.2, 0.25) is 0 Å². The second kappa shape index (κ2) is 8.27. The summed E-state index contributed by atoms with van der Waals surface area (Å²) in [6.45, 7) is 10.4. The van der Waals surface area contributed by atoms with E-state index < -0.39 is 5.41 Å². The summed E-state index contributed by atoms with van der Waals surface area (Å²) in [4.78, 5) is 30.6. The number of nitrogens with zero attached hydrogens (tertiary/aromatic N) is 8. The Hall–Kier alpha value is -4.49. The Bertz CT molecular complexity index is 1930. The van der Waals surface area contributed by atoms with Crippen LogP contribution in [0.4, 0.5) is 5.69 Å². The number of carbonyl (C=O) groups excluding carboxylic acids is 1. The van der Waals surface area contributed by atoms with Crippen LogP contribution in [-0.4, -0.2) is 73.6 Å². The van der Waals surface area contributed by atoms with Crippen LogP contribution in [0.1, 0.15) is 24.8 Å². The van der Waals surface area contributed by atoms with Crippen molar-refractivity contribution in [2.75, 3.05) is 38.1 Å². The number of hydrogen-bond donors (Lipinski definition) is 1. The molecule has 1 spiro atoms. The van der Waals surface area contributed by atoms with Gasteiger partial charge in [-0.05, 0) is 43.5 Å². The zero-order chi connectivity index (χ0) is 28.1. The second-order valence-corrected chi connectivity index (χ2v) is 12.3. The number of pyridine rings is 1. The number of benzene rings is 1. The van der Waals surface area contributed by atoms with Gasteiger partial charge in [-0.15, -0.1) is 0 Å². The minimum atomic E-state index is -0.652. The smallest absolute Gasteiger partial charge is 0.238 e. The minimum Gasteiger partial charge on any atom is -0.339 e. The van der Waals surface area contributed by atoms with Gasteiger partial charge in [0, 0.05) is 67.9 Å². The molecule has 8 rings (SSSR count). The van der Waals surface area contributed by atoms with Crippen LogP contribution >= 0.6 is 0 Å². The Labute approximate surface area is 237 Å². The number of anilines is 1. The molecule has 0 unspecified atom stereocenters. The number of amides is 1. The van der Waals surface area contributed by atoms with Gasteiger partial charge in [-0.2, -0.15) is 10.2 Å². The Morgan fingerprint density at radius 1 is 1.07 bits per heavy atom. The van der Waals surface area contributed by atoms with Crippen molar-refractivity contribution in [1.82, 2.24) is 34.4 Å². The minimum absolute atomic E-state index is 0.100. The molecule has 0 radical (unpaired) electrons. The molecule has 1 saturated carbocycles. The number of carbonyl (C=O) groups is 1. The molecule has 1 amide bonds. The van der Waals surface area contributed by atoms with Gasteiger partial charge in [0.15, 0.2) is 0 Å². The Morgan fingerprint density at radius 3 is 2.68 bits per heavy atom. The highest BCUT2D eigenvalue weighted by atomic mass is 16.2. The first-order valence-electron chi connectivity index (χ1n) is 14.1. The molecule has 1 aliphatic carbocycles. The number of H-pyrrole nitrogens is 1. The fraction of sp³-hybridized carbons (Fsp3) is 0.387.